The van der Waals surface area contributed by atoms with Crippen molar-refractivity contribution in [1.29, 1.82) is 0 Å². The van der Waals surface area contributed by atoms with E-state index in [0.717, 1.165) is 25.3 Å². The lowest BCUT2D eigenvalue weighted by Gasteiger charge is -2.22. The normalized spacial score (nSPS) is 25.9. The van der Waals surface area contributed by atoms with Crippen molar-refractivity contribution in [1.82, 2.24) is 10.2 Å². The Morgan fingerprint density at radius 1 is 1.40 bits per heavy atom. The minimum Gasteiger partial charge on any atom is -0.335 e. The fourth-order valence-electron chi connectivity index (χ4n) is 1.72. The van der Waals surface area contributed by atoms with Gasteiger partial charge in [0.2, 0.25) is 0 Å². The summed E-state index contributed by atoms with van der Waals surface area (Å²) >= 11 is 1.98. The third kappa shape index (κ3) is 3.30. The van der Waals surface area contributed by atoms with Gasteiger partial charge in [0.05, 0.1) is 0 Å². The Balaban J connectivity index is 1.84. The molecule has 0 unspecified atom stereocenters. The van der Waals surface area contributed by atoms with Gasteiger partial charge in [-0.2, -0.15) is 11.8 Å². The van der Waals surface area contributed by atoms with E-state index in [4.69, 9.17) is 0 Å². The standard InChI is InChI=1S/C11H20N2OS/c1-11(2)5-6-13(7-8-15-11)10(14)12-9-3-4-9/h9H,3-8H2,1-2H3,(H,12,14). The molecule has 1 aliphatic carbocycles. The van der Waals surface area contributed by atoms with Crippen LogP contribution < -0.4 is 5.32 Å². The monoisotopic (exact) mass is 228 g/mol. The van der Waals surface area contributed by atoms with E-state index in [1.54, 1.807) is 0 Å². The molecule has 1 N–H and O–H groups in total. The molecule has 3 nitrogen and oxygen atoms in total. The van der Waals surface area contributed by atoms with Crippen LogP contribution in [0.25, 0.3) is 0 Å². The highest BCUT2D eigenvalue weighted by molar-refractivity contribution is 8.00. The van der Waals surface area contributed by atoms with Crippen LogP contribution in [0.1, 0.15) is 33.1 Å². The largest absolute Gasteiger partial charge is 0.335 e. The molecule has 0 aromatic rings. The van der Waals surface area contributed by atoms with E-state index in [2.05, 4.69) is 19.2 Å². The topological polar surface area (TPSA) is 32.3 Å². The predicted octanol–water partition coefficient (Wildman–Crippen LogP) is 2.08. The second-order valence-electron chi connectivity index (χ2n) is 5.07. The van der Waals surface area contributed by atoms with Gasteiger partial charge in [-0.15, -0.1) is 0 Å². The van der Waals surface area contributed by atoms with Crippen molar-refractivity contribution >= 4 is 17.8 Å². The van der Waals surface area contributed by atoms with Crippen LogP contribution in [-0.4, -0.2) is 40.6 Å². The Labute approximate surface area is 96.0 Å². The average Bonchev–Trinajstić information content (AvgIpc) is 2.93. The summed E-state index contributed by atoms with van der Waals surface area (Å²) in [4.78, 5) is 13.8. The highest BCUT2D eigenvalue weighted by atomic mass is 32.2. The second-order valence-corrected chi connectivity index (χ2v) is 6.87. The summed E-state index contributed by atoms with van der Waals surface area (Å²) < 4.78 is 0.328. The summed E-state index contributed by atoms with van der Waals surface area (Å²) in [6, 6.07) is 0.622. The van der Waals surface area contributed by atoms with Crippen molar-refractivity contribution in [3.63, 3.8) is 0 Å². The first kappa shape index (κ1) is 11.1. The minimum absolute atomic E-state index is 0.149. The molecule has 15 heavy (non-hydrogen) atoms. The van der Waals surface area contributed by atoms with Crippen LogP contribution in [0, 0.1) is 0 Å². The van der Waals surface area contributed by atoms with E-state index in [9.17, 15) is 4.79 Å². The van der Waals surface area contributed by atoms with Gasteiger partial charge in [-0.1, -0.05) is 13.8 Å². The van der Waals surface area contributed by atoms with E-state index in [1.807, 2.05) is 16.7 Å². The highest BCUT2D eigenvalue weighted by Crippen LogP contribution is 2.30. The van der Waals surface area contributed by atoms with Gasteiger partial charge >= 0.3 is 6.03 Å². The van der Waals surface area contributed by atoms with Gasteiger partial charge in [0, 0.05) is 29.6 Å². The zero-order valence-corrected chi connectivity index (χ0v) is 10.4. The molecule has 2 rings (SSSR count). The van der Waals surface area contributed by atoms with E-state index in [0.29, 0.717) is 10.8 Å². The molecule has 4 heteroatoms. The Morgan fingerprint density at radius 3 is 2.80 bits per heavy atom. The van der Waals surface area contributed by atoms with Gasteiger partial charge in [0.25, 0.3) is 0 Å². The van der Waals surface area contributed by atoms with Crippen LogP contribution in [-0.2, 0) is 0 Å². The molecule has 0 aromatic heterocycles. The molecule has 1 saturated heterocycles. The number of hydrogen-bond acceptors (Lipinski definition) is 2. The lowest BCUT2D eigenvalue weighted by Crippen LogP contribution is -2.42. The van der Waals surface area contributed by atoms with E-state index in [1.165, 1.54) is 12.8 Å². The number of carbonyl (C=O) groups excluding carboxylic acids is 1. The number of rotatable bonds is 1. The SMILES string of the molecule is CC1(C)CCN(C(=O)NC2CC2)CCS1. The highest BCUT2D eigenvalue weighted by Gasteiger charge is 2.29. The number of thioether (sulfide) groups is 1. The van der Waals surface area contributed by atoms with Gasteiger partial charge in [0.1, 0.15) is 0 Å². The van der Waals surface area contributed by atoms with E-state index < -0.39 is 0 Å². The van der Waals surface area contributed by atoms with Crippen molar-refractivity contribution in [3.8, 4) is 0 Å². The molecule has 0 radical (unpaired) electrons. The third-order valence-electron chi connectivity index (χ3n) is 3.03. The number of nitrogens with zero attached hydrogens (tertiary/aromatic N) is 1. The summed E-state index contributed by atoms with van der Waals surface area (Å²) in [6.07, 6.45) is 3.43. The first-order chi connectivity index (χ1) is 7.07. The summed E-state index contributed by atoms with van der Waals surface area (Å²) in [5.74, 6) is 1.06. The fourth-order valence-corrected chi connectivity index (χ4v) is 2.82. The van der Waals surface area contributed by atoms with Crippen LogP contribution in [0.2, 0.25) is 0 Å². The molecule has 0 atom stereocenters. The quantitative estimate of drug-likeness (QED) is 0.745. The summed E-state index contributed by atoms with van der Waals surface area (Å²) in [7, 11) is 0. The Bertz CT molecular complexity index is 251. The summed E-state index contributed by atoms with van der Waals surface area (Å²) in [6.45, 7) is 6.32. The van der Waals surface area contributed by atoms with Gasteiger partial charge in [-0.05, 0) is 19.3 Å². The van der Waals surface area contributed by atoms with Gasteiger partial charge in [0.15, 0.2) is 0 Å². The Hall–Kier alpha value is -0.380. The van der Waals surface area contributed by atoms with Crippen LogP contribution in [0.15, 0.2) is 0 Å². The van der Waals surface area contributed by atoms with E-state index in [-0.39, 0.29) is 6.03 Å². The smallest absolute Gasteiger partial charge is 0.317 e. The molecular weight excluding hydrogens is 208 g/mol. The predicted molar refractivity (Wildman–Crippen MR) is 64.3 cm³/mol. The molecule has 2 aliphatic rings. The van der Waals surface area contributed by atoms with Crippen molar-refractivity contribution in [3.05, 3.63) is 0 Å². The zero-order valence-electron chi connectivity index (χ0n) is 9.58. The van der Waals surface area contributed by atoms with Crippen LogP contribution in [0.5, 0.6) is 0 Å². The average molecular weight is 228 g/mol. The molecule has 0 spiro atoms. The maximum atomic E-state index is 11.8. The van der Waals surface area contributed by atoms with Crippen molar-refractivity contribution in [2.24, 2.45) is 0 Å². The number of urea groups is 1. The Morgan fingerprint density at radius 2 is 2.13 bits per heavy atom. The Kier molecular flexibility index (Phi) is 3.14. The lowest BCUT2D eigenvalue weighted by molar-refractivity contribution is 0.199. The second kappa shape index (κ2) is 4.24. The van der Waals surface area contributed by atoms with E-state index >= 15 is 0 Å². The maximum absolute atomic E-state index is 11.8. The van der Waals surface area contributed by atoms with Crippen LogP contribution >= 0.6 is 11.8 Å². The summed E-state index contributed by atoms with van der Waals surface area (Å²) in [5.41, 5.74) is 0. The molecular formula is C11H20N2OS. The number of hydrogen-bond donors (Lipinski definition) is 1. The summed E-state index contributed by atoms with van der Waals surface area (Å²) in [5, 5.41) is 3.06. The molecule has 1 aliphatic heterocycles. The van der Waals surface area contributed by atoms with Gasteiger partial charge in [-0.25, -0.2) is 4.79 Å². The molecule has 2 fully saturated rings. The molecule has 1 saturated carbocycles. The number of nitrogens with one attached hydrogen (secondary N) is 1. The molecule has 0 bridgehead atoms. The van der Waals surface area contributed by atoms with Crippen molar-refractivity contribution in [2.75, 3.05) is 18.8 Å². The van der Waals surface area contributed by atoms with Crippen LogP contribution in [0.4, 0.5) is 4.79 Å². The fraction of sp³-hybridized carbons (Fsp3) is 0.909. The minimum atomic E-state index is 0.149. The van der Waals surface area contributed by atoms with Crippen molar-refractivity contribution in [2.45, 2.75) is 43.9 Å². The first-order valence-corrected chi connectivity index (χ1v) is 6.75. The van der Waals surface area contributed by atoms with Crippen molar-refractivity contribution < 1.29 is 4.79 Å². The first-order valence-electron chi connectivity index (χ1n) is 5.76. The zero-order chi connectivity index (χ0) is 10.9. The molecule has 0 aromatic carbocycles. The maximum Gasteiger partial charge on any atom is 0.317 e. The molecule has 1 heterocycles. The molecule has 86 valence electrons. The third-order valence-corrected chi connectivity index (χ3v) is 4.40. The van der Waals surface area contributed by atoms with Crippen LogP contribution in [0.3, 0.4) is 0 Å². The number of carbonyl (C=O) groups is 1. The van der Waals surface area contributed by atoms with Gasteiger partial charge in [-0.3, -0.25) is 0 Å². The van der Waals surface area contributed by atoms with Gasteiger partial charge < -0.3 is 10.2 Å². The number of amides is 2. The lowest BCUT2D eigenvalue weighted by atomic mass is 10.1. The molecule has 2 amide bonds.